The van der Waals surface area contributed by atoms with Crippen LogP contribution in [0.15, 0.2) is 22.7 Å². The van der Waals surface area contributed by atoms with Crippen LogP contribution in [0.5, 0.6) is 0 Å². The standard InChI is InChI=1S/C15H22BrN3/c1-5-11(4)17-9-15-18-13-8-12(16)6-7-14(13)19(15)10(2)3/h6-8,10-11,17H,5,9H2,1-4H3. The van der Waals surface area contributed by atoms with Gasteiger partial charge in [0.15, 0.2) is 0 Å². The second kappa shape index (κ2) is 6.06. The first-order valence-corrected chi connectivity index (χ1v) is 7.72. The summed E-state index contributed by atoms with van der Waals surface area (Å²) in [6.07, 6.45) is 1.13. The van der Waals surface area contributed by atoms with E-state index in [0.717, 1.165) is 28.8 Å². The molecule has 0 aliphatic rings. The number of halogens is 1. The number of rotatable bonds is 5. The van der Waals surface area contributed by atoms with Gasteiger partial charge in [0, 0.05) is 16.6 Å². The normalized spacial score (nSPS) is 13.4. The summed E-state index contributed by atoms with van der Waals surface area (Å²) < 4.78 is 3.40. The number of benzene rings is 1. The summed E-state index contributed by atoms with van der Waals surface area (Å²) in [7, 11) is 0. The van der Waals surface area contributed by atoms with Crippen LogP contribution in [0.4, 0.5) is 0 Å². The Kier molecular flexibility index (Phi) is 4.63. The van der Waals surface area contributed by atoms with Crippen molar-refractivity contribution < 1.29 is 0 Å². The molecule has 1 heterocycles. The molecule has 2 aromatic rings. The predicted molar refractivity (Wildman–Crippen MR) is 84.4 cm³/mol. The maximum Gasteiger partial charge on any atom is 0.124 e. The number of aromatic nitrogens is 2. The molecule has 1 unspecified atom stereocenters. The van der Waals surface area contributed by atoms with Crippen LogP contribution in [0.3, 0.4) is 0 Å². The van der Waals surface area contributed by atoms with Crippen molar-refractivity contribution in [2.75, 3.05) is 0 Å². The SMILES string of the molecule is CCC(C)NCc1nc2cc(Br)ccc2n1C(C)C. The first-order valence-electron chi connectivity index (χ1n) is 6.92. The molecule has 0 radical (unpaired) electrons. The van der Waals surface area contributed by atoms with Gasteiger partial charge < -0.3 is 9.88 Å². The third kappa shape index (κ3) is 3.18. The fraction of sp³-hybridized carbons (Fsp3) is 0.533. The summed E-state index contributed by atoms with van der Waals surface area (Å²) in [5, 5.41) is 3.52. The second-order valence-electron chi connectivity index (χ2n) is 5.32. The molecule has 0 amide bonds. The molecule has 1 aromatic carbocycles. The van der Waals surface area contributed by atoms with Gasteiger partial charge in [-0.15, -0.1) is 0 Å². The summed E-state index contributed by atoms with van der Waals surface area (Å²) >= 11 is 3.51. The molecule has 0 saturated carbocycles. The van der Waals surface area contributed by atoms with Gasteiger partial charge in [-0.05, 0) is 45.4 Å². The van der Waals surface area contributed by atoms with Gasteiger partial charge in [-0.1, -0.05) is 22.9 Å². The topological polar surface area (TPSA) is 29.9 Å². The van der Waals surface area contributed by atoms with Gasteiger partial charge in [0.25, 0.3) is 0 Å². The highest BCUT2D eigenvalue weighted by Crippen LogP contribution is 2.24. The first kappa shape index (κ1) is 14.5. The molecule has 3 nitrogen and oxygen atoms in total. The molecular formula is C15H22BrN3. The van der Waals surface area contributed by atoms with E-state index in [2.05, 4.69) is 71.7 Å². The van der Waals surface area contributed by atoms with Crippen molar-refractivity contribution in [3.8, 4) is 0 Å². The van der Waals surface area contributed by atoms with E-state index in [1.165, 1.54) is 5.52 Å². The van der Waals surface area contributed by atoms with Crippen molar-refractivity contribution in [1.82, 2.24) is 14.9 Å². The zero-order valence-electron chi connectivity index (χ0n) is 12.1. The lowest BCUT2D eigenvalue weighted by molar-refractivity contribution is 0.496. The summed E-state index contributed by atoms with van der Waals surface area (Å²) in [5.41, 5.74) is 2.27. The van der Waals surface area contributed by atoms with Crippen LogP contribution in [-0.2, 0) is 6.54 Å². The minimum absolute atomic E-state index is 0.417. The molecule has 0 saturated heterocycles. The van der Waals surface area contributed by atoms with E-state index in [0.29, 0.717) is 12.1 Å². The molecule has 2 rings (SSSR count). The average molecular weight is 324 g/mol. The molecule has 0 bridgehead atoms. The van der Waals surface area contributed by atoms with E-state index in [4.69, 9.17) is 4.98 Å². The molecule has 0 aliphatic heterocycles. The highest BCUT2D eigenvalue weighted by molar-refractivity contribution is 9.10. The zero-order valence-corrected chi connectivity index (χ0v) is 13.7. The van der Waals surface area contributed by atoms with E-state index in [9.17, 15) is 0 Å². The van der Waals surface area contributed by atoms with Crippen LogP contribution < -0.4 is 5.32 Å². The quantitative estimate of drug-likeness (QED) is 0.890. The van der Waals surface area contributed by atoms with Gasteiger partial charge in [-0.2, -0.15) is 0 Å². The van der Waals surface area contributed by atoms with Gasteiger partial charge in [0.1, 0.15) is 5.82 Å². The Hall–Kier alpha value is -0.870. The average Bonchev–Trinajstić information content (AvgIpc) is 2.73. The Labute approximate surface area is 123 Å². The van der Waals surface area contributed by atoms with Crippen molar-refractivity contribution in [2.24, 2.45) is 0 Å². The number of fused-ring (bicyclic) bond motifs is 1. The van der Waals surface area contributed by atoms with Crippen LogP contribution in [0.1, 0.15) is 46.0 Å². The summed E-state index contributed by atoms with van der Waals surface area (Å²) in [6, 6.07) is 7.24. The van der Waals surface area contributed by atoms with Gasteiger partial charge >= 0.3 is 0 Å². The van der Waals surface area contributed by atoms with Crippen LogP contribution >= 0.6 is 15.9 Å². The Morgan fingerprint density at radius 3 is 2.68 bits per heavy atom. The predicted octanol–water partition coefficient (Wildman–Crippen LogP) is 4.27. The number of imidazole rings is 1. The van der Waals surface area contributed by atoms with Gasteiger partial charge in [-0.25, -0.2) is 4.98 Å². The highest BCUT2D eigenvalue weighted by Gasteiger charge is 2.13. The van der Waals surface area contributed by atoms with Gasteiger partial charge in [0.05, 0.1) is 17.6 Å². The molecule has 19 heavy (non-hydrogen) atoms. The third-order valence-electron chi connectivity index (χ3n) is 3.46. The van der Waals surface area contributed by atoms with Crippen molar-refractivity contribution in [2.45, 2.75) is 52.7 Å². The highest BCUT2D eigenvalue weighted by atomic mass is 79.9. The van der Waals surface area contributed by atoms with Crippen molar-refractivity contribution in [3.05, 3.63) is 28.5 Å². The number of hydrogen-bond acceptors (Lipinski definition) is 2. The largest absolute Gasteiger partial charge is 0.324 e. The smallest absolute Gasteiger partial charge is 0.124 e. The summed E-state index contributed by atoms with van der Waals surface area (Å²) in [6.45, 7) is 9.63. The maximum absolute atomic E-state index is 4.77. The molecule has 4 heteroatoms. The lowest BCUT2D eigenvalue weighted by Gasteiger charge is -2.15. The van der Waals surface area contributed by atoms with Crippen molar-refractivity contribution in [3.63, 3.8) is 0 Å². The van der Waals surface area contributed by atoms with E-state index in [1.807, 2.05) is 0 Å². The Balaban J connectivity index is 2.38. The summed E-state index contributed by atoms with van der Waals surface area (Å²) in [4.78, 5) is 4.77. The number of nitrogens with one attached hydrogen (secondary N) is 1. The minimum Gasteiger partial charge on any atom is -0.324 e. The molecule has 1 atom stereocenters. The third-order valence-corrected chi connectivity index (χ3v) is 3.96. The Morgan fingerprint density at radius 2 is 2.05 bits per heavy atom. The van der Waals surface area contributed by atoms with E-state index >= 15 is 0 Å². The number of nitrogens with zero attached hydrogens (tertiary/aromatic N) is 2. The molecule has 0 spiro atoms. The lowest BCUT2D eigenvalue weighted by Crippen LogP contribution is -2.26. The van der Waals surface area contributed by atoms with Gasteiger partial charge in [0.2, 0.25) is 0 Å². The molecule has 1 N–H and O–H groups in total. The van der Waals surface area contributed by atoms with E-state index in [1.54, 1.807) is 0 Å². The maximum atomic E-state index is 4.77. The first-order chi connectivity index (χ1) is 9.02. The monoisotopic (exact) mass is 323 g/mol. The van der Waals surface area contributed by atoms with Crippen LogP contribution in [0.2, 0.25) is 0 Å². The van der Waals surface area contributed by atoms with Gasteiger partial charge in [-0.3, -0.25) is 0 Å². The van der Waals surface area contributed by atoms with E-state index in [-0.39, 0.29) is 0 Å². The van der Waals surface area contributed by atoms with Crippen LogP contribution in [-0.4, -0.2) is 15.6 Å². The fourth-order valence-electron chi connectivity index (χ4n) is 2.23. The molecule has 1 aromatic heterocycles. The van der Waals surface area contributed by atoms with Crippen molar-refractivity contribution in [1.29, 1.82) is 0 Å². The minimum atomic E-state index is 0.417. The second-order valence-corrected chi connectivity index (χ2v) is 6.23. The van der Waals surface area contributed by atoms with Crippen molar-refractivity contribution >= 4 is 27.0 Å². The fourth-order valence-corrected chi connectivity index (χ4v) is 2.58. The molecule has 0 aliphatic carbocycles. The molecule has 0 fully saturated rings. The van der Waals surface area contributed by atoms with Crippen LogP contribution in [0.25, 0.3) is 11.0 Å². The van der Waals surface area contributed by atoms with Crippen LogP contribution in [0, 0.1) is 0 Å². The Bertz CT molecular complexity index is 560. The zero-order chi connectivity index (χ0) is 14.0. The molecule has 104 valence electrons. The number of hydrogen-bond donors (Lipinski definition) is 1. The Morgan fingerprint density at radius 1 is 1.32 bits per heavy atom. The summed E-state index contributed by atoms with van der Waals surface area (Å²) in [5.74, 6) is 1.11. The molecular weight excluding hydrogens is 302 g/mol. The van der Waals surface area contributed by atoms with E-state index < -0.39 is 0 Å². The lowest BCUT2D eigenvalue weighted by atomic mass is 10.2.